The van der Waals surface area contributed by atoms with Crippen molar-refractivity contribution in [2.75, 3.05) is 0 Å². The Kier molecular flexibility index (Phi) is 2.34. The van der Waals surface area contributed by atoms with Crippen LogP contribution in [-0.4, -0.2) is 9.71 Å². The Morgan fingerprint density at radius 1 is 1.38 bits per heavy atom. The van der Waals surface area contributed by atoms with Crippen LogP contribution in [0.2, 0.25) is 0 Å². The number of para-hydroxylation sites is 1. The molecule has 3 rings (SSSR count). The lowest BCUT2D eigenvalue weighted by Crippen LogP contribution is -2.09. The SMILES string of the molecule is [c]1cc2ccccc2n1OCc1nccs1. The van der Waals surface area contributed by atoms with Crippen molar-refractivity contribution in [1.29, 1.82) is 0 Å². The third-order valence-electron chi connectivity index (χ3n) is 2.29. The molecule has 0 aliphatic heterocycles. The topological polar surface area (TPSA) is 27.1 Å². The second kappa shape index (κ2) is 3.98. The van der Waals surface area contributed by atoms with Crippen molar-refractivity contribution >= 4 is 22.2 Å². The van der Waals surface area contributed by atoms with Crippen LogP contribution < -0.4 is 4.84 Å². The third kappa shape index (κ3) is 1.67. The van der Waals surface area contributed by atoms with Crippen molar-refractivity contribution in [3.8, 4) is 0 Å². The van der Waals surface area contributed by atoms with Crippen molar-refractivity contribution in [3.63, 3.8) is 0 Å². The lowest BCUT2D eigenvalue weighted by atomic mass is 10.3. The number of fused-ring (bicyclic) bond motifs is 1. The average Bonchev–Trinajstić information content (AvgIpc) is 2.96. The molecule has 0 aliphatic rings. The van der Waals surface area contributed by atoms with Gasteiger partial charge in [-0.3, -0.25) is 0 Å². The summed E-state index contributed by atoms with van der Waals surface area (Å²) in [5.74, 6) is 0. The van der Waals surface area contributed by atoms with Gasteiger partial charge in [-0.25, -0.2) is 4.98 Å². The van der Waals surface area contributed by atoms with E-state index < -0.39 is 0 Å². The molecule has 0 spiro atoms. The van der Waals surface area contributed by atoms with Gasteiger partial charge in [0.2, 0.25) is 0 Å². The first-order chi connectivity index (χ1) is 7.93. The van der Waals surface area contributed by atoms with Gasteiger partial charge >= 0.3 is 0 Å². The smallest absolute Gasteiger partial charge is 0.166 e. The van der Waals surface area contributed by atoms with Crippen LogP contribution in [0.25, 0.3) is 10.9 Å². The predicted molar refractivity (Wildman–Crippen MR) is 63.2 cm³/mol. The summed E-state index contributed by atoms with van der Waals surface area (Å²) in [5.41, 5.74) is 1.03. The molecule has 4 heteroatoms. The summed E-state index contributed by atoms with van der Waals surface area (Å²) in [6, 6.07) is 9.95. The van der Waals surface area contributed by atoms with Crippen LogP contribution in [0, 0.1) is 6.20 Å². The Morgan fingerprint density at radius 2 is 2.31 bits per heavy atom. The van der Waals surface area contributed by atoms with Crippen LogP contribution in [0.4, 0.5) is 0 Å². The molecule has 0 unspecified atom stereocenters. The van der Waals surface area contributed by atoms with Crippen molar-refractivity contribution in [2.24, 2.45) is 0 Å². The molecule has 0 atom stereocenters. The zero-order valence-corrected chi connectivity index (χ0v) is 9.28. The summed E-state index contributed by atoms with van der Waals surface area (Å²) < 4.78 is 1.66. The highest BCUT2D eigenvalue weighted by Crippen LogP contribution is 2.14. The molecule has 0 saturated carbocycles. The fourth-order valence-electron chi connectivity index (χ4n) is 1.54. The van der Waals surface area contributed by atoms with E-state index in [9.17, 15) is 0 Å². The van der Waals surface area contributed by atoms with E-state index in [1.54, 1.807) is 22.3 Å². The minimum Gasteiger partial charge on any atom is -0.406 e. The number of benzene rings is 1. The maximum Gasteiger partial charge on any atom is 0.166 e. The van der Waals surface area contributed by atoms with Gasteiger partial charge in [0.1, 0.15) is 11.2 Å². The molecule has 1 aromatic carbocycles. The summed E-state index contributed by atoms with van der Waals surface area (Å²) in [5, 5.41) is 4.03. The Bertz CT molecular complexity index is 586. The number of hydrogen-bond acceptors (Lipinski definition) is 3. The highest BCUT2D eigenvalue weighted by molar-refractivity contribution is 7.09. The maximum absolute atomic E-state index is 5.61. The zero-order chi connectivity index (χ0) is 10.8. The van der Waals surface area contributed by atoms with Gasteiger partial charge in [-0.2, -0.15) is 4.73 Å². The van der Waals surface area contributed by atoms with Crippen molar-refractivity contribution < 1.29 is 4.84 Å². The predicted octanol–water partition coefficient (Wildman–Crippen LogP) is 2.53. The van der Waals surface area contributed by atoms with Crippen LogP contribution in [-0.2, 0) is 6.61 Å². The molecular weight excluding hydrogens is 220 g/mol. The number of hydrogen-bond donors (Lipinski definition) is 0. The van der Waals surface area contributed by atoms with E-state index >= 15 is 0 Å². The van der Waals surface area contributed by atoms with Gasteiger partial charge < -0.3 is 4.84 Å². The fourth-order valence-corrected chi connectivity index (χ4v) is 2.06. The van der Waals surface area contributed by atoms with Gasteiger partial charge in [0.15, 0.2) is 6.61 Å². The van der Waals surface area contributed by atoms with Crippen LogP contribution in [0.5, 0.6) is 0 Å². The molecule has 3 nitrogen and oxygen atoms in total. The second-order valence-electron chi connectivity index (χ2n) is 3.33. The van der Waals surface area contributed by atoms with E-state index in [0.717, 1.165) is 15.9 Å². The summed E-state index contributed by atoms with van der Waals surface area (Å²) in [6.45, 7) is 0.479. The van der Waals surface area contributed by atoms with Crippen molar-refractivity contribution in [3.05, 3.63) is 53.1 Å². The molecule has 0 aliphatic carbocycles. The summed E-state index contributed by atoms with van der Waals surface area (Å²) in [6.07, 6.45) is 4.83. The molecule has 0 bridgehead atoms. The maximum atomic E-state index is 5.61. The minimum atomic E-state index is 0.479. The van der Waals surface area contributed by atoms with Gasteiger partial charge in [-0.1, -0.05) is 18.2 Å². The number of aromatic nitrogens is 2. The first-order valence-corrected chi connectivity index (χ1v) is 5.81. The molecule has 3 aromatic rings. The van der Waals surface area contributed by atoms with Crippen molar-refractivity contribution in [2.45, 2.75) is 6.61 Å². The molecule has 0 fully saturated rings. The molecule has 0 saturated heterocycles. The molecule has 2 heterocycles. The molecule has 0 N–H and O–H groups in total. The molecular formula is C12H9N2OS. The van der Waals surface area contributed by atoms with E-state index in [4.69, 9.17) is 4.84 Å². The Balaban J connectivity index is 1.84. The Hall–Kier alpha value is -1.81. The van der Waals surface area contributed by atoms with Gasteiger partial charge in [0.25, 0.3) is 0 Å². The van der Waals surface area contributed by atoms with E-state index in [-0.39, 0.29) is 0 Å². The Labute approximate surface area is 96.9 Å². The van der Waals surface area contributed by atoms with Gasteiger partial charge in [-0.05, 0) is 12.1 Å². The van der Waals surface area contributed by atoms with Crippen LogP contribution in [0.1, 0.15) is 5.01 Å². The lowest BCUT2D eigenvalue weighted by molar-refractivity contribution is 0.105. The molecule has 2 aromatic heterocycles. The molecule has 79 valence electrons. The largest absolute Gasteiger partial charge is 0.406 e. The third-order valence-corrected chi connectivity index (χ3v) is 3.05. The second-order valence-corrected chi connectivity index (χ2v) is 4.31. The van der Waals surface area contributed by atoms with E-state index in [2.05, 4.69) is 11.2 Å². The minimum absolute atomic E-state index is 0.479. The van der Waals surface area contributed by atoms with E-state index in [1.165, 1.54) is 0 Å². The van der Waals surface area contributed by atoms with Gasteiger partial charge in [0, 0.05) is 17.0 Å². The van der Waals surface area contributed by atoms with E-state index in [0.29, 0.717) is 6.61 Å². The number of rotatable bonds is 3. The monoisotopic (exact) mass is 229 g/mol. The summed E-state index contributed by atoms with van der Waals surface area (Å²) in [7, 11) is 0. The number of thiazole rings is 1. The van der Waals surface area contributed by atoms with Crippen molar-refractivity contribution in [1.82, 2.24) is 9.71 Å². The average molecular weight is 229 g/mol. The highest BCUT2D eigenvalue weighted by Gasteiger charge is 2.02. The standard InChI is InChI=1S/C12H9N2OS/c1-2-4-11-10(3-1)5-7-14(11)15-9-12-13-6-8-16-12/h1-6,8H,9H2. The number of nitrogens with zero attached hydrogens (tertiary/aromatic N) is 2. The van der Waals surface area contributed by atoms with Gasteiger partial charge in [-0.15, -0.1) is 11.3 Å². The molecule has 0 amide bonds. The Morgan fingerprint density at radius 3 is 3.19 bits per heavy atom. The van der Waals surface area contributed by atoms with E-state index in [1.807, 2.05) is 35.7 Å². The fraction of sp³-hybridized carbons (Fsp3) is 0.0833. The van der Waals surface area contributed by atoms with Crippen LogP contribution in [0.15, 0.2) is 41.9 Å². The first-order valence-electron chi connectivity index (χ1n) is 4.93. The zero-order valence-electron chi connectivity index (χ0n) is 8.46. The highest BCUT2D eigenvalue weighted by atomic mass is 32.1. The first kappa shape index (κ1) is 9.42. The quantitative estimate of drug-likeness (QED) is 0.690. The normalized spacial score (nSPS) is 10.8. The lowest BCUT2D eigenvalue weighted by Gasteiger charge is -2.05. The summed E-state index contributed by atoms with van der Waals surface area (Å²) >= 11 is 1.59. The van der Waals surface area contributed by atoms with Crippen LogP contribution >= 0.6 is 11.3 Å². The van der Waals surface area contributed by atoms with Gasteiger partial charge in [0.05, 0.1) is 5.52 Å². The molecule has 1 radical (unpaired) electrons. The molecule has 16 heavy (non-hydrogen) atoms. The summed E-state index contributed by atoms with van der Waals surface area (Å²) in [4.78, 5) is 9.77. The van der Waals surface area contributed by atoms with Crippen LogP contribution in [0.3, 0.4) is 0 Å².